The van der Waals surface area contributed by atoms with Crippen molar-refractivity contribution in [3.63, 3.8) is 0 Å². The Morgan fingerprint density at radius 3 is 2.29 bits per heavy atom. The van der Waals surface area contributed by atoms with Gasteiger partial charge in [-0.1, -0.05) is 42.5 Å². The van der Waals surface area contributed by atoms with Crippen LogP contribution < -0.4 is 16.1 Å². The van der Waals surface area contributed by atoms with Gasteiger partial charge in [-0.05, 0) is 30.2 Å². The maximum absolute atomic E-state index is 12.8. The number of hydrogen-bond acceptors (Lipinski definition) is 4. The number of benzene rings is 2. The second-order valence-electron chi connectivity index (χ2n) is 6.65. The number of rotatable bonds is 5. The monoisotopic (exact) mass is 380 g/mol. The van der Waals surface area contributed by atoms with E-state index in [4.69, 9.17) is 0 Å². The van der Waals surface area contributed by atoms with Crippen LogP contribution in [0.2, 0.25) is 0 Å². The van der Waals surface area contributed by atoms with E-state index in [1.54, 1.807) is 55.5 Å². The van der Waals surface area contributed by atoms with Crippen LogP contribution in [0.25, 0.3) is 0 Å². The van der Waals surface area contributed by atoms with Gasteiger partial charge in [0.25, 0.3) is 5.91 Å². The van der Waals surface area contributed by atoms with Crippen LogP contribution in [0.1, 0.15) is 25.0 Å². The molecule has 1 atom stereocenters. The zero-order chi connectivity index (χ0) is 20.3. The Morgan fingerprint density at radius 1 is 1.04 bits per heavy atom. The molecule has 1 heterocycles. The number of amides is 5. The van der Waals surface area contributed by atoms with Gasteiger partial charge < -0.3 is 10.6 Å². The highest BCUT2D eigenvalue weighted by Crippen LogP contribution is 2.27. The molecule has 2 aromatic carbocycles. The molecule has 0 aromatic heterocycles. The molecule has 8 heteroatoms. The van der Waals surface area contributed by atoms with Crippen LogP contribution in [0.3, 0.4) is 0 Å². The molecule has 0 radical (unpaired) electrons. The van der Waals surface area contributed by atoms with Crippen molar-refractivity contribution >= 4 is 29.4 Å². The molecular formula is C20H20N4O4. The van der Waals surface area contributed by atoms with Crippen LogP contribution in [-0.2, 0) is 26.3 Å². The SMILES string of the molecule is CC(=O)Nc1ccc(CC(=O)NN2C(=O)N[C@](C)(c3ccccc3)C2=O)cc1. The summed E-state index contributed by atoms with van der Waals surface area (Å²) in [5, 5.41) is 5.97. The molecule has 2 aromatic rings. The minimum atomic E-state index is -1.24. The minimum absolute atomic E-state index is 0.0283. The van der Waals surface area contributed by atoms with Gasteiger partial charge in [-0.2, -0.15) is 5.01 Å². The molecule has 1 fully saturated rings. The highest BCUT2D eigenvalue weighted by molar-refractivity contribution is 6.08. The fourth-order valence-electron chi connectivity index (χ4n) is 2.97. The van der Waals surface area contributed by atoms with Gasteiger partial charge in [0.2, 0.25) is 11.8 Å². The van der Waals surface area contributed by atoms with Crippen molar-refractivity contribution in [3.8, 4) is 0 Å². The van der Waals surface area contributed by atoms with Gasteiger partial charge in [0.05, 0.1) is 6.42 Å². The third-order valence-corrected chi connectivity index (χ3v) is 4.42. The first kappa shape index (κ1) is 19.1. The Hall–Kier alpha value is -3.68. The van der Waals surface area contributed by atoms with E-state index >= 15 is 0 Å². The van der Waals surface area contributed by atoms with Crippen molar-refractivity contribution in [2.75, 3.05) is 5.32 Å². The lowest BCUT2D eigenvalue weighted by Gasteiger charge is -2.22. The molecule has 0 bridgehead atoms. The molecule has 8 nitrogen and oxygen atoms in total. The number of imide groups is 1. The molecule has 3 N–H and O–H groups in total. The molecule has 0 unspecified atom stereocenters. The second kappa shape index (κ2) is 7.51. The van der Waals surface area contributed by atoms with Gasteiger partial charge >= 0.3 is 6.03 Å². The highest BCUT2D eigenvalue weighted by atomic mass is 16.2. The van der Waals surface area contributed by atoms with E-state index in [-0.39, 0.29) is 12.3 Å². The minimum Gasteiger partial charge on any atom is -0.326 e. The summed E-state index contributed by atoms with van der Waals surface area (Å²) in [5.74, 6) is -1.25. The number of nitrogens with one attached hydrogen (secondary N) is 3. The first-order valence-electron chi connectivity index (χ1n) is 8.68. The molecule has 3 rings (SSSR count). The predicted octanol–water partition coefficient (Wildman–Crippen LogP) is 1.69. The summed E-state index contributed by atoms with van der Waals surface area (Å²) in [4.78, 5) is 48.4. The van der Waals surface area contributed by atoms with Crippen molar-refractivity contribution < 1.29 is 19.2 Å². The molecule has 144 valence electrons. The number of carbonyl (C=O) groups excluding carboxylic acids is 4. The number of anilines is 1. The van der Waals surface area contributed by atoms with Crippen LogP contribution >= 0.6 is 0 Å². The van der Waals surface area contributed by atoms with E-state index in [1.807, 2.05) is 6.07 Å². The van der Waals surface area contributed by atoms with Gasteiger partial charge in [-0.25, -0.2) is 4.79 Å². The number of hydrogen-bond donors (Lipinski definition) is 3. The smallest absolute Gasteiger partial charge is 0.326 e. The van der Waals surface area contributed by atoms with Crippen LogP contribution in [-0.4, -0.2) is 28.8 Å². The summed E-state index contributed by atoms with van der Waals surface area (Å²) < 4.78 is 0. The maximum atomic E-state index is 12.8. The Morgan fingerprint density at radius 2 is 1.68 bits per heavy atom. The molecule has 0 spiro atoms. The van der Waals surface area contributed by atoms with Gasteiger partial charge in [-0.15, -0.1) is 0 Å². The van der Waals surface area contributed by atoms with Crippen molar-refractivity contribution in [3.05, 3.63) is 65.7 Å². The Bertz CT molecular complexity index is 927. The summed E-state index contributed by atoms with van der Waals surface area (Å²) in [6, 6.07) is 14.8. The van der Waals surface area contributed by atoms with E-state index in [0.717, 1.165) is 0 Å². The lowest BCUT2D eigenvalue weighted by Crippen LogP contribution is -2.48. The predicted molar refractivity (Wildman–Crippen MR) is 102 cm³/mol. The zero-order valence-electron chi connectivity index (χ0n) is 15.5. The fourth-order valence-corrected chi connectivity index (χ4v) is 2.97. The molecular weight excluding hydrogens is 360 g/mol. The van der Waals surface area contributed by atoms with Crippen LogP contribution in [0.4, 0.5) is 10.5 Å². The van der Waals surface area contributed by atoms with Gasteiger partial charge in [0, 0.05) is 12.6 Å². The number of carbonyl (C=O) groups is 4. The standard InChI is InChI=1S/C20H20N4O4/c1-13(25)21-16-10-8-14(9-11-16)12-17(26)23-24-18(27)20(2,22-19(24)28)15-6-4-3-5-7-15/h3-11H,12H2,1-2H3,(H,21,25)(H,22,28)(H,23,26)/t20-/m1/s1. The highest BCUT2D eigenvalue weighted by Gasteiger charge is 2.49. The molecule has 1 aliphatic rings. The maximum Gasteiger partial charge on any atom is 0.344 e. The lowest BCUT2D eigenvalue weighted by molar-refractivity contribution is -0.138. The summed E-state index contributed by atoms with van der Waals surface area (Å²) in [6.07, 6.45) is -0.0283. The zero-order valence-corrected chi connectivity index (χ0v) is 15.5. The summed E-state index contributed by atoms with van der Waals surface area (Å²) in [5.41, 5.74) is 3.03. The van der Waals surface area contributed by atoms with Crippen molar-refractivity contribution in [1.82, 2.24) is 15.8 Å². The van der Waals surface area contributed by atoms with Crippen molar-refractivity contribution in [1.29, 1.82) is 0 Å². The molecule has 5 amide bonds. The number of urea groups is 1. The van der Waals surface area contributed by atoms with E-state index in [1.165, 1.54) is 6.92 Å². The first-order valence-corrected chi connectivity index (χ1v) is 8.68. The Balaban J connectivity index is 1.66. The number of nitrogens with zero attached hydrogens (tertiary/aromatic N) is 1. The van der Waals surface area contributed by atoms with E-state index in [0.29, 0.717) is 21.8 Å². The topological polar surface area (TPSA) is 108 Å². The molecule has 0 saturated carbocycles. The average Bonchev–Trinajstić information content (AvgIpc) is 2.88. The van der Waals surface area contributed by atoms with E-state index < -0.39 is 23.4 Å². The van der Waals surface area contributed by atoms with Crippen molar-refractivity contribution in [2.24, 2.45) is 0 Å². The molecule has 0 aliphatic carbocycles. The first-order chi connectivity index (χ1) is 13.3. The Labute approximate surface area is 161 Å². The quantitative estimate of drug-likeness (QED) is 0.686. The molecule has 1 saturated heterocycles. The third-order valence-electron chi connectivity index (χ3n) is 4.42. The number of hydrazine groups is 1. The third kappa shape index (κ3) is 3.85. The van der Waals surface area contributed by atoms with E-state index in [9.17, 15) is 19.2 Å². The van der Waals surface area contributed by atoms with Gasteiger partial charge in [0.15, 0.2) is 0 Å². The van der Waals surface area contributed by atoms with Gasteiger partial charge in [-0.3, -0.25) is 19.8 Å². The van der Waals surface area contributed by atoms with E-state index in [2.05, 4.69) is 16.1 Å². The summed E-state index contributed by atoms with van der Waals surface area (Å²) in [7, 11) is 0. The average molecular weight is 380 g/mol. The van der Waals surface area contributed by atoms with Crippen molar-refractivity contribution in [2.45, 2.75) is 25.8 Å². The van der Waals surface area contributed by atoms with Crippen LogP contribution in [0, 0.1) is 0 Å². The normalized spacial score (nSPS) is 18.6. The molecule has 1 aliphatic heterocycles. The summed E-state index contributed by atoms with van der Waals surface area (Å²) in [6.45, 7) is 3.00. The summed E-state index contributed by atoms with van der Waals surface area (Å²) >= 11 is 0. The largest absolute Gasteiger partial charge is 0.344 e. The fraction of sp³-hybridized carbons (Fsp3) is 0.200. The second-order valence-corrected chi connectivity index (χ2v) is 6.65. The van der Waals surface area contributed by atoms with Crippen LogP contribution in [0.15, 0.2) is 54.6 Å². The lowest BCUT2D eigenvalue weighted by atomic mass is 9.92. The van der Waals surface area contributed by atoms with Gasteiger partial charge in [0.1, 0.15) is 5.54 Å². The Kier molecular flexibility index (Phi) is 5.12. The molecule has 28 heavy (non-hydrogen) atoms. The van der Waals surface area contributed by atoms with Crippen LogP contribution in [0.5, 0.6) is 0 Å².